The van der Waals surface area contributed by atoms with Gasteiger partial charge in [-0.2, -0.15) is 18.4 Å². The summed E-state index contributed by atoms with van der Waals surface area (Å²) in [7, 11) is 0. The molecule has 1 aromatic carbocycles. The van der Waals surface area contributed by atoms with Crippen LogP contribution in [0.3, 0.4) is 0 Å². The number of halogens is 4. The second-order valence-corrected chi connectivity index (χ2v) is 8.88. The number of carbonyl (C=O) groups is 1. The van der Waals surface area contributed by atoms with Gasteiger partial charge in [-0.15, -0.1) is 0 Å². The van der Waals surface area contributed by atoms with Gasteiger partial charge in [0.25, 0.3) is 0 Å². The maximum Gasteiger partial charge on any atom is 0.490 e. The van der Waals surface area contributed by atoms with Crippen LogP contribution < -0.4 is 20.3 Å². The molecule has 2 aliphatic rings. The lowest BCUT2D eigenvalue weighted by molar-refractivity contribution is -0.192. The molecule has 200 valence electrons. The van der Waals surface area contributed by atoms with Crippen LogP contribution in [0, 0.1) is 17.1 Å². The van der Waals surface area contributed by atoms with E-state index in [-0.39, 0.29) is 17.9 Å². The van der Waals surface area contributed by atoms with Crippen molar-refractivity contribution in [1.82, 2.24) is 15.3 Å². The monoisotopic (exact) mass is 524 g/mol. The van der Waals surface area contributed by atoms with Gasteiger partial charge >= 0.3 is 12.1 Å². The number of carboxylic acid groups (broad SMARTS) is 1. The molecule has 2 aliphatic heterocycles. The normalized spacial score (nSPS) is 15.8. The zero-order chi connectivity index (χ0) is 27.2. The van der Waals surface area contributed by atoms with Gasteiger partial charge in [0.1, 0.15) is 6.10 Å². The van der Waals surface area contributed by atoms with Crippen molar-refractivity contribution in [2.75, 3.05) is 29.9 Å². The van der Waals surface area contributed by atoms with Gasteiger partial charge < -0.3 is 25.4 Å². The minimum absolute atomic E-state index is 0.0695. The molecule has 0 radical (unpaired) electrons. The Morgan fingerprint density at radius 3 is 2.51 bits per heavy atom. The number of anilines is 2. The number of aromatic nitrogens is 2. The van der Waals surface area contributed by atoms with Gasteiger partial charge in [0, 0.05) is 51.5 Å². The number of nitrogens with one attached hydrogen (secondary N) is 2. The molecule has 3 heterocycles. The molecule has 0 spiro atoms. The highest BCUT2D eigenvalue weighted by molar-refractivity contribution is 5.73. The SMILES string of the molecule is CC(C)Nc1nc2c(nc1N1CCC(Oc3ccc(C#N)cc3F)CC1)CCNC2.O=C(O)C(F)(F)F. The van der Waals surface area contributed by atoms with E-state index in [1.807, 2.05) is 6.07 Å². The summed E-state index contributed by atoms with van der Waals surface area (Å²) in [5.74, 6) is -1.32. The van der Waals surface area contributed by atoms with Crippen LogP contribution in [0.2, 0.25) is 0 Å². The third-order valence-electron chi connectivity index (χ3n) is 5.63. The maximum absolute atomic E-state index is 14.2. The second-order valence-electron chi connectivity index (χ2n) is 8.88. The molecule has 2 aromatic rings. The summed E-state index contributed by atoms with van der Waals surface area (Å²) in [5.41, 5.74) is 2.37. The van der Waals surface area contributed by atoms with Crippen LogP contribution in [0.15, 0.2) is 18.2 Å². The number of hydrogen-bond donors (Lipinski definition) is 3. The highest BCUT2D eigenvalue weighted by Crippen LogP contribution is 2.30. The van der Waals surface area contributed by atoms with E-state index < -0.39 is 18.0 Å². The first-order valence-electron chi connectivity index (χ1n) is 11.8. The van der Waals surface area contributed by atoms with Gasteiger partial charge in [-0.05, 0) is 32.0 Å². The molecular weight excluding hydrogens is 496 g/mol. The lowest BCUT2D eigenvalue weighted by Crippen LogP contribution is -2.40. The number of carboxylic acids is 1. The summed E-state index contributed by atoms with van der Waals surface area (Å²) in [6, 6.07) is 6.52. The molecule has 0 amide bonds. The Kier molecular flexibility index (Phi) is 9.09. The minimum atomic E-state index is -5.08. The Hall–Kier alpha value is -3.66. The van der Waals surface area contributed by atoms with Crippen molar-refractivity contribution in [3.63, 3.8) is 0 Å². The van der Waals surface area contributed by atoms with E-state index in [0.717, 1.165) is 68.5 Å². The molecule has 13 heteroatoms. The molecule has 4 rings (SSSR count). The molecular formula is C24H28F4N6O3. The molecule has 0 saturated carbocycles. The van der Waals surface area contributed by atoms with Crippen LogP contribution in [-0.4, -0.2) is 59.0 Å². The van der Waals surface area contributed by atoms with E-state index in [4.69, 9.17) is 29.9 Å². The van der Waals surface area contributed by atoms with Crippen LogP contribution >= 0.6 is 0 Å². The van der Waals surface area contributed by atoms with Crippen molar-refractivity contribution in [2.24, 2.45) is 0 Å². The van der Waals surface area contributed by atoms with Crippen molar-refractivity contribution in [1.29, 1.82) is 5.26 Å². The zero-order valence-electron chi connectivity index (χ0n) is 20.4. The van der Waals surface area contributed by atoms with Gasteiger partial charge in [0.05, 0.1) is 23.0 Å². The number of alkyl halides is 3. The summed E-state index contributed by atoms with van der Waals surface area (Å²) in [6.07, 6.45) is -2.74. The quantitative estimate of drug-likeness (QED) is 0.503. The molecule has 9 nitrogen and oxygen atoms in total. The number of hydrogen-bond acceptors (Lipinski definition) is 8. The smallest absolute Gasteiger partial charge is 0.487 e. The average molecular weight is 525 g/mol. The van der Waals surface area contributed by atoms with Crippen LogP contribution in [0.25, 0.3) is 0 Å². The molecule has 37 heavy (non-hydrogen) atoms. The van der Waals surface area contributed by atoms with Crippen molar-refractivity contribution in [2.45, 2.75) is 58.0 Å². The first kappa shape index (κ1) is 27.9. The van der Waals surface area contributed by atoms with Crippen molar-refractivity contribution >= 4 is 17.6 Å². The summed E-state index contributed by atoms with van der Waals surface area (Å²) in [6.45, 7) is 7.39. The van der Waals surface area contributed by atoms with Gasteiger partial charge in [0.2, 0.25) is 0 Å². The summed E-state index contributed by atoms with van der Waals surface area (Å²) in [5, 5.41) is 22.8. The number of nitriles is 1. The number of piperidine rings is 1. The maximum atomic E-state index is 14.2. The predicted octanol–water partition coefficient (Wildman–Crippen LogP) is 3.63. The number of fused-ring (bicyclic) bond motifs is 1. The fourth-order valence-electron chi connectivity index (χ4n) is 3.87. The van der Waals surface area contributed by atoms with E-state index >= 15 is 0 Å². The highest BCUT2D eigenvalue weighted by Gasteiger charge is 2.38. The van der Waals surface area contributed by atoms with Crippen molar-refractivity contribution < 1.29 is 32.2 Å². The average Bonchev–Trinajstić information content (AvgIpc) is 2.85. The largest absolute Gasteiger partial charge is 0.490 e. The molecule has 1 saturated heterocycles. The Morgan fingerprint density at radius 2 is 1.95 bits per heavy atom. The number of benzene rings is 1. The topological polar surface area (TPSA) is 123 Å². The Labute approximate surface area is 211 Å². The fourth-order valence-corrected chi connectivity index (χ4v) is 3.87. The Balaban J connectivity index is 0.000000479. The molecule has 0 bridgehead atoms. The number of ether oxygens (including phenoxy) is 1. The molecule has 0 atom stereocenters. The van der Waals surface area contributed by atoms with Gasteiger partial charge in [-0.1, -0.05) is 0 Å². The number of rotatable bonds is 5. The fraction of sp³-hybridized carbons (Fsp3) is 0.500. The van der Waals surface area contributed by atoms with Crippen molar-refractivity contribution in [3.05, 3.63) is 41.0 Å². The summed E-state index contributed by atoms with van der Waals surface area (Å²) < 4.78 is 51.8. The second kappa shape index (κ2) is 12.1. The molecule has 1 fully saturated rings. The Morgan fingerprint density at radius 1 is 1.27 bits per heavy atom. The van der Waals surface area contributed by atoms with Crippen LogP contribution in [-0.2, 0) is 17.8 Å². The van der Waals surface area contributed by atoms with E-state index in [1.165, 1.54) is 12.1 Å². The molecule has 1 aromatic heterocycles. The number of aliphatic carboxylic acids is 1. The lowest BCUT2D eigenvalue weighted by atomic mass is 10.1. The summed E-state index contributed by atoms with van der Waals surface area (Å²) >= 11 is 0. The number of nitrogens with zero attached hydrogens (tertiary/aromatic N) is 4. The van der Waals surface area contributed by atoms with E-state index in [2.05, 4.69) is 29.4 Å². The third-order valence-corrected chi connectivity index (χ3v) is 5.63. The van der Waals surface area contributed by atoms with Gasteiger partial charge in [-0.25, -0.2) is 19.2 Å². The van der Waals surface area contributed by atoms with Crippen LogP contribution in [0.1, 0.15) is 43.6 Å². The van der Waals surface area contributed by atoms with Crippen LogP contribution in [0.5, 0.6) is 5.75 Å². The van der Waals surface area contributed by atoms with E-state index in [9.17, 15) is 17.6 Å². The van der Waals surface area contributed by atoms with Crippen LogP contribution in [0.4, 0.5) is 29.2 Å². The Bertz CT molecular complexity index is 1140. The van der Waals surface area contributed by atoms with Gasteiger partial charge in [0.15, 0.2) is 23.2 Å². The highest BCUT2D eigenvalue weighted by atomic mass is 19.4. The predicted molar refractivity (Wildman–Crippen MR) is 127 cm³/mol. The zero-order valence-corrected chi connectivity index (χ0v) is 20.4. The summed E-state index contributed by atoms with van der Waals surface area (Å²) in [4.78, 5) is 21.0. The molecule has 0 unspecified atom stereocenters. The third kappa shape index (κ3) is 7.66. The van der Waals surface area contributed by atoms with E-state index in [1.54, 1.807) is 6.07 Å². The first-order valence-corrected chi connectivity index (χ1v) is 11.8. The minimum Gasteiger partial charge on any atom is -0.487 e. The first-order chi connectivity index (χ1) is 17.5. The van der Waals surface area contributed by atoms with E-state index in [0.29, 0.717) is 5.56 Å². The van der Waals surface area contributed by atoms with Crippen molar-refractivity contribution in [3.8, 4) is 11.8 Å². The molecule has 3 N–H and O–H groups in total. The standard InChI is InChI=1S/C22H27FN6O.C2HF3O2/c1-14(2)26-21-22(28-18-5-8-25-13-19(18)27-21)29-9-6-16(7-10-29)30-20-4-3-15(12-24)11-17(20)23;3-2(4,5)1(6)7/h3-4,11,14,16,25H,5-10,13H2,1-2H3,(H,26,27);(H,6,7). The lowest BCUT2D eigenvalue weighted by Gasteiger charge is -2.34. The van der Waals surface area contributed by atoms with Gasteiger partial charge in [-0.3, -0.25) is 0 Å². The molecule has 0 aliphatic carbocycles.